The fourth-order valence-electron chi connectivity index (χ4n) is 1.49. The summed E-state index contributed by atoms with van der Waals surface area (Å²) in [6, 6.07) is -0.862. The molecule has 2 N–H and O–H groups in total. The van der Waals surface area contributed by atoms with Crippen LogP contribution < -0.4 is 5.32 Å². The van der Waals surface area contributed by atoms with E-state index in [1.165, 1.54) is 0 Å². The van der Waals surface area contributed by atoms with Gasteiger partial charge in [-0.1, -0.05) is 13.0 Å². The maximum Gasteiger partial charge on any atom is 0.326 e. The summed E-state index contributed by atoms with van der Waals surface area (Å²) in [6.07, 6.45) is 4.02. The van der Waals surface area contributed by atoms with Crippen LogP contribution in [0.4, 0.5) is 4.79 Å². The van der Waals surface area contributed by atoms with Crippen molar-refractivity contribution in [1.29, 1.82) is 0 Å². The van der Waals surface area contributed by atoms with Crippen molar-refractivity contribution in [1.82, 2.24) is 10.2 Å². The molecule has 0 spiro atoms. The number of hydrogen-bond acceptors (Lipinski definition) is 2. The zero-order valence-electron chi connectivity index (χ0n) is 9.48. The molecule has 2 amide bonds. The Morgan fingerprint density at radius 3 is 2.62 bits per heavy atom. The molecule has 1 saturated carbocycles. The molecule has 0 aliphatic heterocycles. The van der Waals surface area contributed by atoms with E-state index in [9.17, 15) is 9.59 Å². The predicted octanol–water partition coefficient (Wildman–Crippen LogP) is 1.21. The quantitative estimate of drug-likeness (QED) is 0.669. The van der Waals surface area contributed by atoms with Crippen molar-refractivity contribution in [3.63, 3.8) is 0 Å². The first-order valence-electron chi connectivity index (χ1n) is 5.51. The van der Waals surface area contributed by atoms with Crippen molar-refractivity contribution in [3.05, 3.63) is 12.7 Å². The van der Waals surface area contributed by atoms with Crippen LogP contribution in [0.5, 0.6) is 0 Å². The molecule has 0 aromatic carbocycles. The van der Waals surface area contributed by atoms with E-state index < -0.39 is 12.0 Å². The number of aliphatic carboxylic acids is 1. The molecule has 90 valence electrons. The van der Waals surface area contributed by atoms with E-state index in [0.29, 0.717) is 13.0 Å². The van der Waals surface area contributed by atoms with Gasteiger partial charge in [-0.05, 0) is 19.3 Å². The van der Waals surface area contributed by atoms with Gasteiger partial charge in [0.15, 0.2) is 0 Å². The number of carbonyl (C=O) groups is 2. The number of hydrogen-bond donors (Lipinski definition) is 2. The van der Waals surface area contributed by atoms with Gasteiger partial charge in [0, 0.05) is 12.6 Å². The molecular weight excluding hydrogens is 208 g/mol. The van der Waals surface area contributed by atoms with Crippen molar-refractivity contribution in [2.45, 2.75) is 38.3 Å². The van der Waals surface area contributed by atoms with Crippen LogP contribution in [0.15, 0.2) is 12.7 Å². The molecule has 5 nitrogen and oxygen atoms in total. The summed E-state index contributed by atoms with van der Waals surface area (Å²) >= 11 is 0. The smallest absolute Gasteiger partial charge is 0.326 e. The van der Waals surface area contributed by atoms with Gasteiger partial charge in [-0.15, -0.1) is 6.58 Å². The topological polar surface area (TPSA) is 69.6 Å². The highest BCUT2D eigenvalue weighted by Gasteiger charge is 2.33. The van der Waals surface area contributed by atoms with Gasteiger partial charge in [-0.25, -0.2) is 9.59 Å². The first-order chi connectivity index (χ1) is 7.60. The van der Waals surface area contributed by atoms with Gasteiger partial charge in [0.2, 0.25) is 0 Å². The van der Waals surface area contributed by atoms with Gasteiger partial charge in [0.25, 0.3) is 0 Å². The SMILES string of the molecule is C=CCN(C(=O)N[C@@H](CC)C(=O)O)C1CC1. The Labute approximate surface area is 95.1 Å². The van der Waals surface area contributed by atoms with E-state index in [1.807, 2.05) is 0 Å². The Kier molecular flexibility index (Phi) is 4.34. The average molecular weight is 226 g/mol. The molecule has 16 heavy (non-hydrogen) atoms. The minimum atomic E-state index is -0.995. The molecule has 0 unspecified atom stereocenters. The molecule has 0 radical (unpaired) electrons. The van der Waals surface area contributed by atoms with Gasteiger partial charge in [-0.3, -0.25) is 0 Å². The van der Waals surface area contributed by atoms with E-state index in [0.717, 1.165) is 12.8 Å². The van der Waals surface area contributed by atoms with Crippen molar-refractivity contribution in [3.8, 4) is 0 Å². The lowest BCUT2D eigenvalue weighted by Gasteiger charge is -2.23. The monoisotopic (exact) mass is 226 g/mol. The van der Waals surface area contributed by atoms with Crippen LogP contribution in [0.1, 0.15) is 26.2 Å². The summed E-state index contributed by atoms with van der Waals surface area (Å²) in [6.45, 7) is 5.78. The molecule has 0 aromatic rings. The first kappa shape index (κ1) is 12.5. The van der Waals surface area contributed by atoms with Crippen LogP contribution in [0, 0.1) is 0 Å². The Balaban J connectivity index is 2.53. The molecule has 1 rings (SSSR count). The van der Waals surface area contributed by atoms with Gasteiger partial charge in [0.05, 0.1) is 0 Å². The number of rotatable bonds is 6. The average Bonchev–Trinajstić information content (AvgIpc) is 3.05. The largest absolute Gasteiger partial charge is 0.480 e. The van der Waals surface area contributed by atoms with Gasteiger partial charge in [-0.2, -0.15) is 0 Å². The Morgan fingerprint density at radius 2 is 2.25 bits per heavy atom. The summed E-state index contributed by atoms with van der Waals surface area (Å²) in [7, 11) is 0. The first-order valence-corrected chi connectivity index (χ1v) is 5.51. The van der Waals surface area contributed by atoms with Crippen LogP contribution in [0.3, 0.4) is 0 Å². The number of nitrogens with one attached hydrogen (secondary N) is 1. The molecule has 1 aliphatic carbocycles. The van der Waals surface area contributed by atoms with E-state index in [-0.39, 0.29) is 12.1 Å². The molecule has 0 heterocycles. The Bertz CT molecular complexity index is 287. The van der Waals surface area contributed by atoms with Crippen LogP contribution in [0.25, 0.3) is 0 Å². The van der Waals surface area contributed by atoms with Crippen molar-refractivity contribution in [2.75, 3.05) is 6.54 Å². The highest BCUT2D eigenvalue weighted by atomic mass is 16.4. The molecule has 0 aromatic heterocycles. The second-order valence-electron chi connectivity index (χ2n) is 3.92. The molecule has 1 atom stereocenters. The molecule has 1 aliphatic rings. The number of amides is 2. The zero-order chi connectivity index (χ0) is 12.1. The van der Waals surface area contributed by atoms with Gasteiger partial charge in [0.1, 0.15) is 6.04 Å². The third-order valence-corrected chi connectivity index (χ3v) is 2.58. The van der Waals surface area contributed by atoms with E-state index >= 15 is 0 Å². The second kappa shape index (κ2) is 5.53. The summed E-state index contributed by atoms with van der Waals surface area (Å²) < 4.78 is 0. The minimum absolute atomic E-state index is 0.254. The molecule has 5 heteroatoms. The highest BCUT2D eigenvalue weighted by Crippen LogP contribution is 2.26. The fraction of sp³-hybridized carbons (Fsp3) is 0.636. The molecular formula is C11H18N2O3. The van der Waals surface area contributed by atoms with Gasteiger partial charge >= 0.3 is 12.0 Å². The van der Waals surface area contributed by atoms with E-state index in [4.69, 9.17) is 5.11 Å². The van der Waals surface area contributed by atoms with Crippen LogP contribution >= 0.6 is 0 Å². The second-order valence-corrected chi connectivity index (χ2v) is 3.92. The summed E-state index contributed by atoms with van der Waals surface area (Å²) in [5.41, 5.74) is 0. The Hall–Kier alpha value is -1.52. The zero-order valence-corrected chi connectivity index (χ0v) is 9.48. The number of carbonyl (C=O) groups excluding carboxylic acids is 1. The predicted molar refractivity (Wildman–Crippen MR) is 60.2 cm³/mol. The number of carboxylic acid groups (broad SMARTS) is 1. The van der Waals surface area contributed by atoms with Crippen molar-refractivity contribution >= 4 is 12.0 Å². The number of urea groups is 1. The lowest BCUT2D eigenvalue weighted by atomic mass is 10.2. The van der Waals surface area contributed by atoms with Crippen LogP contribution in [-0.2, 0) is 4.79 Å². The van der Waals surface area contributed by atoms with E-state index in [1.54, 1.807) is 17.9 Å². The van der Waals surface area contributed by atoms with Crippen LogP contribution in [-0.4, -0.2) is 40.6 Å². The van der Waals surface area contributed by atoms with Crippen molar-refractivity contribution < 1.29 is 14.7 Å². The van der Waals surface area contributed by atoms with Crippen LogP contribution in [0.2, 0.25) is 0 Å². The molecule has 0 saturated heterocycles. The maximum absolute atomic E-state index is 11.8. The summed E-state index contributed by atoms with van der Waals surface area (Å²) in [5.74, 6) is -0.995. The molecule has 0 bridgehead atoms. The highest BCUT2D eigenvalue weighted by molar-refractivity contribution is 5.82. The minimum Gasteiger partial charge on any atom is -0.480 e. The van der Waals surface area contributed by atoms with Gasteiger partial charge < -0.3 is 15.3 Å². The molecule has 1 fully saturated rings. The fourth-order valence-corrected chi connectivity index (χ4v) is 1.49. The number of nitrogens with zero attached hydrogens (tertiary/aromatic N) is 1. The third-order valence-electron chi connectivity index (χ3n) is 2.58. The summed E-state index contributed by atoms with van der Waals surface area (Å²) in [5, 5.41) is 11.3. The summed E-state index contributed by atoms with van der Waals surface area (Å²) in [4.78, 5) is 24.2. The lowest BCUT2D eigenvalue weighted by molar-refractivity contribution is -0.139. The Morgan fingerprint density at radius 1 is 1.62 bits per heavy atom. The standard InChI is InChI=1S/C11H18N2O3/c1-3-7-13(8-5-6-8)11(16)12-9(4-2)10(14)15/h3,8-9H,1,4-7H2,2H3,(H,12,16)(H,14,15)/t9-/m0/s1. The van der Waals surface area contributed by atoms with Crippen molar-refractivity contribution in [2.24, 2.45) is 0 Å². The van der Waals surface area contributed by atoms with E-state index in [2.05, 4.69) is 11.9 Å². The number of carboxylic acids is 1. The maximum atomic E-state index is 11.8. The lowest BCUT2D eigenvalue weighted by Crippen LogP contribution is -2.48. The third kappa shape index (κ3) is 3.25. The normalized spacial score (nSPS) is 16.3.